The smallest absolute Gasteiger partial charge is 0.337 e. The summed E-state index contributed by atoms with van der Waals surface area (Å²) in [5, 5.41) is 5.55. The molecule has 0 aliphatic carbocycles. The largest absolute Gasteiger partial charge is 0.465 e. The van der Waals surface area contributed by atoms with Gasteiger partial charge in [-0.05, 0) is 54.2 Å². The molecule has 2 aromatic carbocycles. The van der Waals surface area contributed by atoms with Gasteiger partial charge >= 0.3 is 5.97 Å². The molecule has 0 spiro atoms. The number of methoxy groups -OCH3 is 1. The first-order chi connectivity index (χ1) is 14.1. The molecule has 0 saturated carbocycles. The van der Waals surface area contributed by atoms with E-state index in [4.69, 9.17) is 0 Å². The summed E-state index contributed by atoms with van der Waals surface area (Å²) < 4.78 is 4.67. The summed E-state index contributed by atoms with van der Waals surface area (Å²) >= 11 is 0. The van der Waals surface area contributed by atoms with Crippen LogP contribution in [0, 0.1) is 0 Å². The van der Waals surface area contributed by atoms with E-state index in [1.54, 1.807) is 31.2 Å². The van der Waals surface area contributed by atoms with Crippen LogP contribution in [-0.2, 0) is 21.4 Å². The Morgan fingerprint density at radius 3 is 2.03 bits per heavy atom. The molecule has 0 bridgehead atoms. The van der Waals surface area contributed by atoms with Gasteiger partial charge in [-0.2, -0.15) is 0 Å². The number of hydrogen-bond acceptors (Lipinski definition) is 4. The molecule has 0 heterocycles. The molecular weight excluding hydrogens is 380 g/mol. The highest BCUT2D eigenvalue weighted by Crippen LogP contribution is 2.22. The van der Waals surface area contributed by atoms with Gasteiger partial charge < -0.3 is 15.4 Å². The van der Waals surface area contributed by atoms with Gasteiger partial charge in [0, 0.05) is 12.1 Å². The third kappa shape index (κ3) is 6.44. The lowest BCUT2D eigenvalue weighted by molar-refractivity contribution is -0.122. The van der Waals surface area contributed by atoms with Crippen molar-refractivity contribution in [3.63, 3.8) is 0 Å². The zero-order valence-corrected chi connectivity index (χ0v) is 18.2. The molecule has 0 aliphatic rings. The van der Waals surface area contributed by atoms with Crippen molar-refractivity contribution >= 4 is 17.8 Å². The maximum atomic E-state index is 12.4. The second-order valence-electron chi connectivity index (χ2n) is 8.25. The van der Waals surface area contributed by atoms with Crippen LogP contribution in [0.4, 0.5) is 0 Å². The number of ether oxygens (including phenoxy) is 1. The average molecular weight is 411 g/mol. The van der Waals surface area contributed by atoms with E-state index in [9.17, 15) is 14.4 Å². The fourth-order valence-corrected chi connectivity index (χ4v) is 2.88. The molecule has 1 atom stereocenters. The third-order valence-corrected chi connectivity index (χ3v) is 4.84. The first kappa shape index (κ1) is 23.1. The Kier molecular flexibility index (Phi) is 7.75. The van der Waals surface area contributed by atoms with E-state index in [2.05, 4.69) is 36.1 Å². The normalized spacial score (nSPS) is 12.0. The number of amides is 2. The number of benzene rings is 2. The van der Waals surface area contributed by atoms with Gasteiger partial charge in [0.2, 0.25) is 5.91 Å². The second-order valence-corrected chi connectivity index (χ2v) is 8.25. The quantitative estimate of drug-likeness (QED) is 0.687. The van der Waals surface area contributed by atoms with E-state index in [0.29, 0.717) is 24.1 Å². The van der Waals surface area contributed by atoms with Crippen LogP contribution in [0.5, 0.6) is 0 Å². The molecule has 0 aromatic heterocycles. The molecule has 2 N–H and O–H groups in total. The van der Waals surface area contributed by atoms with Crippen LogP contribution in [0.15, 0.2) is 48.5 Å². The highest BCUT2D eigenvalue weighted by molar-refractivity contribution is 5.97. The average Bonchev–Trinajstić information content (AvgIpc) is 2.73. The van der Waals surface area contributed by atoms with Crippen LogP contribution in [0.3, 0.4) is 0 Å². The number of nitrogens with one attached hydrogen (secondary N) is 2. The summed E-state index contributed by atoms with van der Waals surface area (Å²) in [5.74, 6) is -0.912. The fraction of sp³-hybridized carbons (Fsp3) is 0.375. The maximum absolute atomic E-state index is 12.4. The van der Waals surface area contributed by atoms with Crippen molar-refractivity contribution in [2.45, 2.75) is 45.6 Å². The van der Waals surface area contributed by atoms with E-state index >= 15 is 0 Å². The summed E-state index contributed by atoms with van der Waals surface area (Å²) in [6.07, 6.45) is 0.613. The van der Waals surface area contributed by atoms with E-state index < -0.39 is 6.04 Å². The van der Waals surface area contributed by atoms with Gasteiger partial charge in [0.25, 0.3) is 5.91 Å². The maximum Gasteiger partial charge on any atom is 0.337 e. The van der Waals surface area contributed by atoms with Crippen LogP contribution in [0.25, 0.3) is 0 Å². The van der Waals surface area contributed by atoms with Crippen molar-refractivity contribution in [3.8, 4) is 0 Å². The molecule has 0 aliphatic heterocycles. The molecule has 2 aromatic rings. The Labute approximate surface area is 178 Å². The number of carbonyl (C=O) groups excluding carboxylic acids is 3. The van der Waals surface area contributed by atoms with Gasteiger partial charge in [-0.1, -0.05) is 45.0 Å². The van der Waals surface area contributed by atoms with E-state index in [0.717, 1.165) is 11.1 Å². The van der Waals surface area contributed by atoms with Crippen molar-refractivity contribution in [1.82, 2.24) is 10.6 Å². The summed E-state index contributed by atoms with van der Waals surface area (Å²) in [7, 11) is 1.34. The van der Waals surface area contributed by atoms with E-state index in [1.807, 2.05) is 24.3 Å². The second kappa shape index (κ2) is 10.1. The molecular formula is C24H30N2O4. The fourth-order valence-electron chi connectivity index (χ4n) is 2.88. The van der Waals surface area contributed by atoms with Crippen LogP contribution < -0.4 is 10.6 Å². The Morgan fingerprint density at radius 1 is 0.933 bits per heavy atom. The Balaban J connectivity index is 1.81. The minimum Gasteiger partial charge on any atom is -0.465 e. The van der Waals surface area contributed by atoms with Crippen molar-refractivity contribution in [1.29, 1.82) is 0 Å². The molecule has 6 heteroatoms. The molecule has 6 nitrogen and oxygen atoms in total. The minimum absolute atomic E-state index is 0.0157. The number of hydrogen-bond donors (Lipinski definition) is 2. The Bertz CT molecular complexity index is 881. The van der Waals surface area contributed by atoms with Crippen molar-refractivity contribution in [3.05, 3.63) is 70.8 Å². The van der Waals surface area contributed by atoms with Gasteiger partial charge in [0.15, 0.2) is 0 Å². The molecule has 0 radical (unpaired) electrons. The predicted octanol–water partition coefficient (Wildman–Crippen LogP) is 3.25. The first-order valence-corrected chi connectivity index (χ1v) is 9.98. The zero-order valence-electron chi connectivity index (χ0n) is 18.2. The lowest BCUT2D eigenvalue weighted by atomic mass is 9.86. The van der Waals surface area contributed by atoms with Gasteiger partial charge in [0.1, 0.15) is 6.04 Å². The molecule has 2 rings (SSSR count). The van der Waals surface area contributed by atoms with Gasteiger partial charge in [-0.25, -0.2) is 4.79 Å². The topological polar surface area (TPSA) is 84.5 Å². The zero-order chi connectivity index (χ0) is 22.3. The highest BCUT2D eigenvalue weighted by Gasteiger charge is 2.18. The summed E-state index contributed by atoms with van der Waals surface area (Å²) in [4.78, 5) is 36.1. The van der Waals surface area contributed by atoms with Crippen LogP contribution >= 0.6 is 0 Å². The Hall–Kier alpha value is -3.15. The van der Waals surface area contributed by atoms with E-state index in [-0.39, 0.29) is 23.2 Å². The number of carbonyl (C=O) groups is 3. The summed E-state index contributed by atoms with van der Waals surface area (Å²) in [6.45, 7) is 8.42. The number of rotatable bonds is 7. The predicted molar refractivity (Wildman–Crippen MR) is 117 cm³/mol. The highest BCUT2D eigenvalue weighted by atomic mass is 16.5. The SMILES string of the molecule is COC(=O)c1ccc(CCNC(=O)C(C)NC(=O)c2ccc(C(C)(C)C)cc2)cc1. The number of esters is 1. The van der Waals surface area contributed by atoms with Gasteiger partial charge in [-0.15, -0.1) is 0 Å². The summed E-state index contributed by atoms with van der Waals surface area (Å²) in [5.41, 5.74) is 3.15. The Morgan fingerprint density at radius 2 is 1.50 bits per heavy atom. The van der Waals surface area contributed by atoms with Crippen molar-refractivity contribution < 1.29 is 19.1 Å². The van der Waals surface area contributed by atoms with Crippen LogP contribution in [0.1, 0.15) is 59.5 Å². The standard InChI is InChI=1S/C24H30N2O4/c1-16(26-22(28)18-10-12-20(13-11-18)24(2,3)4)21(27)25-15-14-17-6-8-19(9-7-17)23(29)30-5/h6-13,16H,14-15H2,1-5H3,(H,25,27)(H,26,28). The molecule has 1 unspecified atom stereocenters. The third-order valence-electron chi connectivity index (χ3n) is 4.84. The lowest BCUT2D eigenvalue weighted by Gasteiger charge is -2.19. The van der Waals surface area contributed by atoms with E-state index in [1.165, 1.54) is 7.11 Å². The molecule has 30 heavy (non-hydrogen) atoms. The monoisotopic (exact) mass is 410 g/mol. The molecule has 2 amide bonds. The van der Waals surface area contributed by atoms with Crippen LogP contribution in [0.2, 0.25) is 0 Å². The van der Waals surface area contributed by atoms with Gasteiger partial charge in [-0.3, -0.25) is 9.59 Å². The van der Waals surface area contributed by atoms with Crippen LogP contribution in [-0.4, -0.2) is 37.5 Å². The lowest BCUT2D eigenvalue weighted by Crippen LogP contribution is -2.45. The minimum atomic E-state index is -0.651. The van der Waals surface area contributed by atoms with Gasteiger partial charge in [0.05, 0.1) is 12.7 Å². The molecule has 160 valence electrons. The van der Waals surface area contributed by atoms with Crippen molar-refractivity contribution in [2.24, 2.45) is 0 Å². The summed E-state index contributed by atoms with van der Waals surface area (Å²) in [6, 6.07) is 13.8. The first-order valence-electron chi connectivity index (χ1n) is 9.98. The molecule has 0 fully saturated rings. The van der Waals surface area contributed by atoms with Crippen molar-refractivity contribution in [2.75, 3.05) is 13.7 Å². The molecule has 0 saturated heterocycles.